The lowest BCUT2D eigenvalue weighted by Crippen LogP contribution is -2.65. The fourth-order valence-corrected chi connectivity index (χ4v) is 5.89. The molecule has 0 bridgehead atoms. The lowest BCUT2D eigenvalue weighted by atomic mass is 9.81. The highest BCUT2D eigenvalue weighted by atomic mass is 16.5. The minimum absolute atomic E-state index is 0.0339. The van der Waals surface area contributed by atoms with Gasteiger partial charge in [0.1, 0.15) is 18.4 Å². The summed E-state index contributed by atoms with van der Waals surface area (Å²) in [5, 5.41) is 16.5. The number of para-hydroxylation sites is 1. The summed E-state index contributed by atoms with van der Waals surface area (Å²) >= 11 is 0. The predicted molar refractivity (Wildman–Crippen MR) is 156 cm³/mol. The van der Waals surface area contributed by atoms with Crippen LogP contribution in [0.15, 0.2) is 59.8 Å². The van der Waals surface area contributed by atoms with Gasteiger partial charge in [-0.05, 0) is 75.4 Å². The molecule has 3 N–H and O–H groups in total. The van der Waals surface area contributed by atoms with Gasteiger partial charge in [0.05, 0.1) is 11.2 Å². The molecule has 1 aliphatic rings. The second-order valence-corrected chi connectivity index (χ2v) is 11.0. The largest absolute Gasteiger partial charge is 0.489 e. The Morgan fingerprint density at radius 3 is 2.68 bits per heavy atom. The zero-order valence-corrected chi connectivity index (χ0v) is 23.9. The Bertz CT molecular complexity index is 1360. The van der Waals surface area contributed by atoms with Crippen LogP contribution in [-0.2, 0) is 11.4 Å². The van der Waals surface area contributed by atoms with Crippen LogP contribution in [0.1, 0.15) is 67.6 Å². The van der Waals surface area contributed by atoms with Crippen LogP contribution in [0.5, 0.6) is 5.75 Å². The number of amides is 2. The van der Waals surface area contributed by atoms with Gasteiger partial charge in [-0.25, -0.2) is 5.48 Å². The standard InChI is InChI=1S/C31H39N5O5/c1-4-14-31(18-23(17-29(37)35-40)13-15-36(31)19-22(3)34-39)33-30(38)24-9-11-26(12-10-24)41-20-25-16-21(2)32-28-8-6-5-7-27(25)28/h5-12,16,22-23,40H,4,13-15,17-20H2,1-3H3,(H,33,38)(H,35,37)/t22?,23?,31-/m1/s1. The van der Waals surface area contributed by atoms with Gasteiger partial charge in [-0.2, -0.15) is 4.91 Å². The molecule has 0 spiro atoms. The number of carbonyl (C=O) groups excluding carboxylic acids is 2. The maximum atomic E-state index is 13.6. The van der Waals surface area contributed by atoms with Gasteiger partial charge in [0, 0.05) is 41.7 Å². The molecule has 0 aliphatic carbocycles. The normalized spacial score (nSPS) is 19.9. The van der Waals surface area contributed by atoms with E-state index >= 15 is 0 Å². The molecule has 1 aromatic heterocycles. The summed E-state index contributed by atoms with van der Waals surface area (Å²) in [4.78, 5) is 43.4. The van der Waals surface area contributed by atoms with Crippen LogP contribution in [0.25, 0.3) is 10.9 Å². The average Bonchev–Trinajstić information content (AvgIpc) is 2.97. The van der Waals surface area contributed by atoms with Crippen molar-refractivity contribution in [1.29, 1.82) is 0 Å². The number of benzene rings is 2. The number of pyridine rings is 1. The van der Waals surface area contributed by atoms with Crippen molar-refractivity contribution in [3.8, 4) is 5.75 Å². The molecule has 0 saturated carbocycles. The molecular formula is C31H39N5O5. The van der Waals surface area contributed by atoms with Gasteiger partial charge in [-0.15, -0.1) is 0 Å². The molecule has 4 rings (SSSR count). The molecule has 10 heteroatoms. The Hall–Kier alpha value is -3.89. The lowest BCUT2D eigenvalue weighted by Gasteiger charge is -2.50. The van der Waals surface area contributed by atoms with Crippen molar-refractivity contribution < 1.29 is 19.5 Å². The number of aromatic nitrogens is 1. The van der Waals surface area contributed by atoms with Crippen LogP contribution in [0.3, 0.4) is 0 Å². The number of hydroxylamine groups is 1. The summed E-state index contributed by atoms with van der Waals surface area (Å²) < 4.78 is 6.07. The SMILES string of the molecule is CCC[C@]1(NC(=O)c2ccc(OCc3cc(C)nc4ccccc34)cc2)CC(CC(=O)NO)CCN1CC(C)N=O. The molecule has 2 amide bonds. The van der Waals surface area contributed by atoms with Crippen molar-refractivity contribution in [2.75, 3.05) is 13.1 Å². The molecule has 10 nitrogen and oxygen atoms in total. The number of hydrogen-bond donors (Lipinski definition) is 3. The Balaban J connectivity index is 1.49. The maximum absolute atomic E-state index is 13.6. The molecule has 1 aliphatic heterocycles. The molecule has 2 unspecified atom stereocenters. The van der Waals surface area contributed by atoms with Crippen molar-refractivity contribution in [3.05, 3.63) is 76.3 Å². The predicted octanol–water partition coefficient (Wildman–Crippen LogP) is 5.11. The Kier molecular flexibility index (Phi) is 10.0. The highest BCUT2D eigenvalue weighted by molar-refractivity contribution is 5.94. The molecule has 41 heavy (non-hydrogen) atoms. The lowest BCUT2D eigenvalue weighted by molar-refractivity contribution is -0.131. The Morgan fingerprint density at radius 2 is 1.98 bits per heavy atom. The second kappa shape index (κ2) is 13.6. The third-order valence-electron chi connectivity index (χ3n) is 7.75. The van der Waals surface area contributed by atoms with Crippen molar-refractivity contribution in [2.24, 2.45) is 11.1 Å². The number of fused-ring (bicyclic) bond motifs is 1. The highest BCUT2D eigenvalue weighted by Crippen LogP contribution is 2.36. The van der Waals surface area contributed by atoms with Crippen molar-refractivity contribution in [1.82, 2.24) is 20.7 Å². The third kappa shape index (κ3) is 7.45. The molecule has 2 heterocycles. The zero-order chi connectivity index (χ0) is 29.4. The summed E-state index contributed by atoms with van der Waals surface area (Å²) in [6.45, 7) is 7.12. The van der Waals surface area contributed by atoms with E-state index in [0.29, 0.717) is 50.3 Å². The number of rotatable bonds is 12. The van der Waals surface area contributed by atoms with Crippen LogP contribution in [0.2, 0.25) is 0 Å². The van der Waals surface area contributed by atoms with Gasteiger partial charge in [0.25, 0.3) is 5.91 Å². The van der Waals surface area contributed by atoms with E-state index in [0.717, 1.165) is 28.6 Å². The molecule has 1 fully saturated rings. The molecular weight excluding hydrogens is 522 g/mol. The molecule has 218 valence electrons. The van der Waals surface area contributed by atoms with Gasteiger partial charge < -0.3 is 10.1 Å². The fraction of sp³-hybridized carbons (Fsp3) is 0.452. The van der Waals surface area contributed by atoms with E-state index in [1.165, 1.54) is 0 Å². The van der Waals surface area contributed by atoms with Gasteiger partial charge >= 0.3 is 0 Å². The van der Waals surface area contributed by atoms with E-state index in [9.17, 15) is 14.5 Å². The maximum Gasteiger partial charge on any atom is 0.252 e. The number of aryl methyl sites for hydroxylation is 1. The molecule has 0 radical (unpaired) electrons. The van der Waals surface area contributed by atoms with Crippen LogP contribution in [0, 0.1) is 17.7 Å². The molecule has 3 atom stereocenters. The Labute approximate surface area is 240 Å². The smallest absolute Gasteiger partial charge is 0.252 e. The number of nitrogens with zero attached hydrogens (tertiary/aromatic N) is 3. The first-order valence-corrected chi connectivity index (χ1v) is 14.2. The second-order valence-electron chi connectivity index (χ2n) is 11.0. The van der Waals surface area contributed by atoms with Crippen molar-refractivity contribution in [2.45, 2.75) is 71.2 Å². The van der Waals surface area contributed by atoms with E-state index in [2.05, 4.69) is 20.4 Å². The summed E-state index contributed by atoms with van der Waals surface area (Å²) in [6, 6.07) is 16.6. The number of likely N-dealkylation sites (tertiary alicyclic amines) is 1. The van der Waals surface area contributed by atoms with E-state index in [1.807, 2.05) is 44.2 Å². The first kappa shape index (κ1) is 30.1. The summed E-state index contributed by atoms with van der Waals surface area (Å²) in [5.74, 6) is -0.0876. The van der Waals surface area contributed by atoms with Crippen LogP contribution in [-0.4, -0.2) is 51.7 Å². The molecule has 1 saturated heterocycles. The highest BCUT2D eigenvalue weighted by Gasteiger charge is 2.43. The van der Waals surface area contributed by atoms with E-state index in [4.69, 9.17) is 9.94 Å². The average molecular weight is 562 g/mol. The van der Waals surface area contributed by atoms with Crippen LogP contribution >= 0.6 is 0 Å². The van der Waals surface area contributed by atoms with Gasteiger partial charge in [0.15, 0.2) is 0 Å². The van der Waals surface area contributed by atoms with Crippen LogP contribution < -0.4 is 15.5 Å². The number of ether oxygens (including phenoxy) is 1. The van der Waals surface area contributed by atoms with E-state index in [1.54, 1.807) is 36.7 Å². The summed E-state index contributed by atoms with van der Waals surface area (Å²) in [6.07, 6.45) is 2.81. The van der Waals surface area contributed by atoms with Gasteiger partial charge in [-0.3, -0.25) is 24.7 Å². The quantitative estimate of drug-likeness (QED) is 0.159. The summed E-state index contributed by atoms with van der Waals surface area (Å²) in [5.41, 5.74) is 4.33. The molecule has 2 aromatic carbocycles. The van der Waals surface area contributed by atoms with Crippen molar-refractivity contribution >= 4 is 22.7 Å². The fourth-order valence-electron chi connectivity index (χ4n) is 5.89. The molecule has 3 aromatic rings. The minimum atomic E-state index is -0.751. The Morgan fingerprint density at radius 1 is 1.22 bits per heavy atom. The van der Waals surface area contributed by atoms with Crippen LogP contribution in [0.4, 0.5) is 0 Å². The number of nitroso groups, excluding NO2 is 1. The topological polar surface area (TPSA) is 133 Å². The minimum Gasteiger partial charge on any atom is -0.489 e. The third-order valence-corrected chi connectivity index (χ3v) is 7.75. The monoisotopic (exact) mass is 561 g/mol. The van der Waals surface area contributed by atoms with E-state index < -0.39 is 17.6 Å². The number of piperidine rings is 1. The van der Waals surface area contributed by atoms with Gasteiger partial charge in [-0.1, -0.05) is 36.7 Å². The first-order chi connectivity index (χ1) is 19.8. The summed E-state index contributed by atoms with van der Waals surface area (Å²) in [7, 11) is 0. The van der Waals surface area contributed by atoms with Gasteiger partial charge in [0.2, 0.25) is 5.91 Å². The first-order valence-electron chi connectivity index (χ1n) is 14.2. The zero-order valence-electron chi connectivity index (χ0n) is 23.9. The van der Waals surface area contributed by atoms with Crippen molar-refractivity contribution in [3.63, 3.8) is 0 Å². The van der Waals surface area contributed by atoms with E-state index in [-0.39, 0.29) is 18.2 Å². The number of hydrogen-bond acceptors (Lipinski definition) is 8. The number of carbonyl (C=O) groups is 2. The number of nitrogens with one attached hydrogen (secondary N) is 2.